The van der Waals surface area contributed by atoms with Crippen LogP contribution in [0.4, 0.5) is 11.6 Å². The lowest BCUT2D eigenvalue weighted by molar-refractivity contribution is 0.398. The number of pyridine rings is 1. The maximum absolute atomic E-state index is 13.5. The second-order valence-electron chi connectivity index (χ2n) is 7.57. The van der Waals surface area contributed by atoms with Gasteiger partial charge in [0.25, 0.3) is 5.56 Å². The Morgan fingerprint density at radius 3 is 2.39 bits per heavy atom. The highest BCUT2D eigenvalue weighted by atomic mass is 16.5. The quantitative estimate of drug-likeness (QED) is 0.658. The molecule has 3 aromatic rings. The van der Waals surface area contributed by atoms with Gasteiger partial charge in [0.15, 0.2) is 5.69 Å². The van der Waals surface area contributed by atoms with Crippen molar-refractivity contribution in [3.05, 3.63) is 64.4 Å². The minimum atomic E-state index is -0.156. The monoisotopic (exact) mass is 416 g/mol. The molecule has 2 N–H and O–H groups in total. The molecule has 0 radical (unpaired) electrons. The number of nitrogens with zero attached hydrogens (tertiary/aromatic N) is 5. The van der Waals surface area contributed by atoms with Gasteiger partial charge in [-0.1, -0.05) is 24.3 Å². The van der Waals surface area contributed by atoms with E-state index in [1.54, 1.807) is 49.2 Å². The lowest BCUT2D eigenvalue weighted by Crippen LogP contribution is -2.42. The van der Waals surface area contributed by atoms with Crippen molar-refractivity contribution in [2.24, 2.45) is 12.8 Å². The van der Waals surface area contributed by atoms with Gasteiger partial charge < -0.3 is 15.4 Å². The van der Waals surface area contributed by atoms with Crippen LogP contribution < -0.4 is 20.9 Å². The van der Waals surface area contributed by atoms with E-state index in [2.05, 4.69) is 14.7 Å². The number of hydrogen-bond donors (Lipinski definition) is 1. The van der Waals surface area contributed by atoms with Crippen molar-refractivity contribution < 1.29 is 4.74 Å². The summed E-state index contributed by atoms with van der Waals surface area (Å²) in [5.41, 5.74) is 8.89. The summed E-state index contributed by atoms with van der Waals surface area (Å²) in [6.07, 6.45) is 3.33. The maximum Gasteiger partial charge on any atom is 0.263 e. The predicted octanol–water partition coefficient (Wildman–Crippen LogP) is 3.00. The minimum absolute atomic E-state index is 0.156. The zero-order valence-electron chi connectivity index (χ0n) is 17.6. The molecule has 0 aliphatic carbocycles. The first-order valence-corrected chi connectivity index (χ1v) is 10.1. The SMILES string of the molecule is [C-]#[N+]c1ccc(-c2nc(N3CCC(N)CC3)n(C)c(=O)c2-c2ccc(OC)nc2)cc1. The standard InChI is InChI=1S/C23H24N6O2/c1-25-18-7-4-15(5-8-18)21-20(16-6-9-19(31-3)26-14-16)22(30)28(2)23(27-21)29-12-10-17(24)11-13-29/h4-9,14,17H,10-13,24H2,2-3H3. The molecule has 0 spiro atoms. The third-order valence-electron chi connectivity index (χ3n) is 5.59. The Balaban J connectivity index is 1.91. The van der Waals surface area contributed by atoms with Crippen LogP contribution in [0.15, 0.2) is 47.4 Å². The van der Waals surface area contributed by atoms with Crippen LogP contribution in [0.2, 0.25) is 0 Å². The number of ether oxygens (including phenoxy) is 1. The van der Waals surface area contributed by atoms with Gasteiger partial charge >= 0.3 is 0 Å². The average molecular weight is 416 g/mol. The highest BCUT2D eigenvalue weighted by molar-refractivity contribution is 5.81. The summed E-state index contributed by atoms with van der Waals surface area (Å²) in [4.78, 5) is 28.3. The number of anilines is 1. The van der Waals surface area contributed by atoms with Gasteiger partial charge in [0, 0.05) is 44.0 Å². The highest BCUT2D eigenvalue weighted by Crippen LogP contribution is 2.31. The zero-order chi connectivity index (χ0) is 22.0. The lowest BCUT2D eigenvalue weighted by atomic mass is 10.0. The van der Waals surface area contributed by atoms with E-state index in [-0.39, 0.29) is 11.6 Å². The molecule has 0 atom stereocenters. The second-order valence-corrected chi connectivity index (χ2v) is 7.57. The molecule has 1 saturated heterocycles. The van der Waals surface area contributed by atoms with E-state index in [0.29, 0.717) is 34.3 Å². The van der Waals surface area contributed by atoms with Crippen LogP contribution in [-0.2, 0) is 7.05 Å². The Labute approximate surface area is 180 Å². The van der Waals surface area contributed by atoms with E-state index < -0.39 is 0 Å². The Morgan fingerprint density at radius 2 is 1.81 bits per heavy atom. The van der Waals surface area contributed by atoms with E-state index in [9.17, 15) is 4.79 Å². The molecule has 8 heteroatoms. The summed E-state index contributed by atoms with van der Waals surface area (Å²) in [6.45, 7) is 8.70. The molecule has 2 aromatic heterocycles. The molecule has 0 unspecified atom stereocenters. The molecule has 3 heterocycles. The first-order valence-electron chi connectivity index (χ1n) is 10.1. The third kappa shape index (κ3) is 4.00. The van der Waals surface area contributed by atoms with Gasteiger partial charge in [-0.15, -0.1) is 0 Å². The molecule has 158 valence electrons. The number of piperidine rings is 1. The van der Waals surface area contributed by atoms with Crippen LogP contribution in [0, 0.1) is 6.57 Å². The normalized spacial score (nSPS) is 14.3. The summed E-state index contributed by atoms with van der Waals surface area (Å²) >= 11 is 0. The van der Waals surface area contributed by atoms with Crippen molar-refractivity contribution in [1.29, 1.82) is 0 Å². The van der Waals surface area contributed by atoms with Gasteiger partial charge in [-0.3, -0.25) is 9.36 Å². The molecule has 0 saturated carbocycles. The third-order valence-corrected chi connectivity index (χ3v) is 5.59. The van der Waals surface area contributed by atoms with Gasteiger partial charge in [-0.2, -0.15) is 0 Å². The average Bonchev–Trinajstić information content (AvgIpc) is 2.81. The lowest BCUT2D eigenvalue weighted by Gasteiger charge is -2.32. The number of aromatic nitrogens is 3. The Morgan fingerprint density at radius 1 is 1.13 bits per heavy atom. The molecule has 0 bridgehead atoms. The molecule has 1 aromatic carbocycles. The van der Waals surface area contributed by atoms with Crippen LogP contribution in [-0.4, -0.2) is 40.8 Å². The molecular weight excluding hydrogens is 392 g/mol. The maximum atomic E-state index is 13.5. The van der Waals surface area contributed by atoms with Gasteiger partial charge in [0.05, 0.1) is 24.9 Å². The van der Waals surface area contributed by atoms with Gasteiger partial charge in [0.1, 0.15) is 0 Å². The Kier molecular flexibility index (Phi) is 5.69. The fourth-order valence-corrected chi connectivity index (χ4v) is 3.78. The summed E-state index contributed by atoms with van der Waals surface area (Å²) in [7, 11) is 3.29. The van der Waals surface area contributed by atoms with Crippen molar-refractivity contribution in [3.8, 4) is 28.3 Å². The molecule has 31 heavy (non-hydrogen) atoms. The number of nitrogens with two attached hydrogens (primary N) is 1. The van der Waals surface area contributed by atoms with E-state index in [4.69, 9.17) is 22.0 Å². The van der Waals surface area contributed by atoms with E-state index in [1.165, 1.54) is 0 Å². The van der Waals surface area contributed by atoms with Crippen molar-refractivity contribution in [1.82, 2.24) is 14.5 Å². The van der Waals surface area contributed by atoms with E-state index >= 15 is 0 Å². The van der Waals surface area contributed by atoms with Gasteiger partial charge in [0.2, 0.25) is 11.8 Å². The Hall–Kier alpha value is -3.70. The molecule has 4 rings (SSSR count). The number of methoxy groups -OCH3 is 1. The highest BCUT2D eigenvalue weighted by Gasteiger charge is 2.24. The summed E-state index contributed by atoms with van der Waals surface area (Å²) < 4.78 is 6.74. The molecule has 1 aliphatic heterocycles. The fourth-order valence-electron chi connectivity index (χ4n) is 3.78. The van der Waals surface area contributed by atoms with Crippen LogP contribution in [0.3, 0.4) is 0 Å². The Bertz CT molecular complexity index is 1170. The van der Waals surface area contributed by atoms with E-state index in [1.807, 2.05) is 12.1 Å². The minimum Gasteiger partial charge on any atom is -0.481 e. The van der Waals surface area contributed by atoms with Crippen molar-refractivity contribution in [2.45, 2.75) is 18.9 Å². The fraction of sp³-hybridized carbons (Fsp3) is 0.304. The van der Waals surface area contributed by atoms with Gasteiger partial charge in [-0.25, -0.2) is 14.8 Å². The predicted molar refractivity (Wildman–Crippen MR) is 120 cm³/mol. The molecular formula is C23H24N6O2. The van der Waals surface area contributed by atoms with Crippen molar-refractivity contribution in [2.75, 3.05) is 25.1 Å². The van der Waals surface area contributed by atoms with Crippen LogP contribution in [0.25, 0.3) is 27.2 Å². The first kappa shape index (κ1) is 20.6. The van der Waals surface area contributed by atoms with Crippen LogP contribution in [0.1, 0.15) is 12.8 Å². The van der Waals surface area contributed by atoms with Crippen molar-refractivity contribution in [3.63, 3.8) is 0 Å². The molecule has 1 fully saturated rings. The molecule has 1 aliphatic rings. The molecule has 0 amide bonds. The first-order chi connectivity index (χ1) is 15.0. The number of rotatable bonds is 4. The largest absolute Gasteiger partial charge is 0.481 e. The van der Waals surface area contributed by atoms with Crippen molar-refractivity contribution >= 4 is 11.6 Å². The van der Waals surface area contributed by atoms with Crippen LogP contribution in [0.5, 0.6) is 5.88 Å². The van der Waals surface area contributed by atoms with Gasteiger partial charge in [-0.05, 0) is 24.5 Å². The summed E-state index contributed by atoms with van der Waals surface area (Å²) in [6, 6.07) is 10.8. The topological polar surface area (TPSA) is 90.6 Å². The van der Waals surface area contributed by atoms with Crippen LogP contribution >= 0.6 is 0 Å². The smallest absolute Gasteiger partial charge is 0.263 e. The summed E-state index contributed by atoms with van der Waals surface area (Å²) in [5.74, 6) is 1.09. The summed E-state index contributed by atoms with van der Waals surface area (Å²) in [5, 5.41) is 0. The zero-order valence-corrected chi connectivity index (χ0v) is 17.6. The van der Waals surface area contributed by atoms with E-state index in [0.717, 1.165) is 31.5 Å². The molecule has 8 nitrogen and oxygen atoms in total. The second kappa shape index (κ2) is 8.58. The number of benzene rings is 1. The number of hydrogen-bond acceptors (Lipinski definition) is 6.